The highest BCUT2D eigenvalue weighted by atomic mass is 16.5. The Morgan fingerprint density at radius 1 is 1.29 bits per heavy atom. The van der Waals surface area contributed by atoms with Crippen molar-refractivity contribution >= 4 is 17.4 Å². The standard InChI is InChI=1S/C18H21N3O3/c1-13-5-6-16(23-2)14(12-13)18(22)20-15-4-3-7-19-17(15)21-8-10-24-11-9-21/h3-7,12H,8-11H2,1-2H3,(H,20,22). The maximum Gasteiger partial charge on any atom is 0.259 e. The minimum atomic E-state index is -0.210. The van der Waals surface area contributed by atoms with Crippen molar-refractivity contribution in [3.63, 3.8) is 0 Å². The van der Waals surface area contributed by atoms with Gasteiger partial charge in [0.1, 0.15) is 5.75 Å². The van der Waals surface area contributed by atoms with Gasteiger partial charge in [-0.05, 0) is 31.2 Å². The molecule has 6 heteroatoms. The highest BCUT2D eigenvalue weighted by Crippen LogP contribution is 2.26. The zero-order valence-electron chi connectivity index (χ0n) is 13.9. The lowest BCUT2D eigenvalue weighted by Crippen LogP contribution is -2.37. The van der Waals surface area contributed by atoms with Crippen molar-refractivity contribution in [3.05, 3.63) is 47.7 Å². The van der Waals surface area contributed by atoms with Crippen molar-refractivity contribution in [3.8, 4) is 5.75 Å². The number of nitrogens with zero attached hydrogens (tertiary/aromatic N) is 2. The summed E-state index contributed by atoms with van der Waals surface area (Å²) in [6.07, 6.45) is 1.73. The number of rotatable bonds is 4. The van der Waals surface area contributed by atoms with Crippen LogP contribution in [0.2, 0.25) is 0 Å². The third-order valence-electron chi connectivity index (χ3n) is 3.95. The van der Waals surface area contributed by atoms with E-state index < -0.39 is 0 Å². The van der Waals surface area contributed by atoms with Crippen LogP contribution in [-0.4, -0.2) is 44.3 Å². The first-order valence-electron chi connectivity index (χ1n) is 7.93. The first-order chi connectivity index (χ1) is 11.7. The van der Waals surface area contributed by atoms with Crippen molar-refractivity contribution in [1.82, 2.24) is 4.98 Å². The molecule has 0 radical (unpaired) electrons. The van der Waals surface area contributed by atoms with Gasteiger partial charge in [-0.2, -0.15) is 0 Å². The number of hydrogen-bond donors (Lipinski definition) is 1. The number of pyridine rings is 1. The van der Waals surface area contributed by atoms with Gasteiger partial charge in [-0.15, -0.1) is 0 Å². The molecular weight excluding hydrogens is 306 g/mol. The first-order valence-corrected chi connectivity index (χ1v) is 7.93. The van der Waals surface area contributed by atoms with Crippen LogP contribution in [0.1, 0.15) is 15.9 Å². The SMILES string of the molecule is COc1ccc(C)cc1C(=O)Nc1cccnc1N1CCOCC1. The van der Waals surface area contributed by atoms with E-state index in [9.17, 15) is 4.79 Å². The molecule has 1 amide bonds. The van der Waals surface area contributed by atoms with Gasteiger partial charge in [-0.1, -0.05) is 11.6 Å². The van der Waals surface area contributed by atoms with Crippen LogP contribution in [0.15, 0.2) is 36.5 Å². The molecular formula is C18H21N3O3. The maximum atomic E-state index is 12.7. The summed E-state index contributed by atoms with van der Waals surface area (Å²) in [5.74, 6) is 1.11. The van der Waals surface area contributed by atoms with Gasteiger partial charge in [0.05, 0.1) is 31.6 Å². The van der Waals surface area contributed by atoms with Crippen molar-refractivity contribution in [2.75, 3.05) is 43.6 Å². The van der Waals surface area contributed by atoms with Crippen LogP contribution in [0, 0.1) is 6.92 Å². The van der Waals surface area contributed by atoms with E-state index in [-0.39, 0.29) is 5.91 Å². The van der Waals surface area contributed by atoms with Gasteiger partial charge in [-0.25, -0.2) is 4.98 Å². The predicted molar refractivity (Wildman–Crippen MR) is 93.0 cm³/mol. The van der Waals surface area contributed by atoms with E-state index in [2.05, 4.69) is 15.2 Å². The Kier molecular flexibility index (Phi) is 4.96. The van der Waals surface area contributed by atoms with E-state index in [0.717, 1.165) is 24.5 Å². The zero-order valence-corrected chi connectivity index (χ0v) is 13.9. The topological polar surface area (TPSA) is 63.7 Å². The van der Waals surface area contributed by atoms with E-state index in [1.165, 1.54) is 0 Å². The van der Waals surface area contributed by atoms with Crippen LogP contribution in [-0.2, 0) is 4.74 Å². The lowest BCUT2D eigenvalue weighted by molar-refractivity contribution is 0.102. The molecule has 0 atom stereocenters. The van der Waals surface area contributed by atoms with Gasteiger partial charge in [0.25, 0.3) is 5.91 Å². The molecule has 1 aromatic heterocycles. The lowest BCUT2D eigenvalue weighted by atomic mass is 10.1. The monoisotopic (exact) mass is 327 g/mol. The van der Waals surface area contributed by atoms with Crippen molar-refractivity contribution in [1.29, 1.82) is 0 Å². The molecule has 1 saturated heterocycles. The van der Waals surface area contributed by atoms with Crippen LogP contribution in [0.25, 0.3) is 0 Å². The second-order valence-electron chi connectivity index (χ2n) is 5.63. The van der Waals surface area contributed by atoms with Crippen LogP contribution >= 0.6 is 0 Å². The average molecular weight is 327 g/mol. The second-order valence-corrected chi connectivity index (χ2v) is 5.63. The molecule has 24 heavy (non-hydrogen) atoms. The fourth-order valence-corrected chi connectivity index (χ4v) is 2.71. The summed E-state index contributed by atoms with van der Waals surface area (Å²) >= 11 is 0. The maximum absolute atomic E-state index is 12.7. The Balaban J connectivity index is 1.86. The summed E-state index contributed by atoms with van der Waals surface area (Å²) in [6, 6.07) is 9.21. The number of morpholine rings is 1. The van der Waals surface area contributed by atoms with E-state index in [4.69, 9.17) is 9.47 Å². The second kappa shape index (κ2) is 7.31. The molecule has 1 N–H and O–H groups in total. The molecule has 6 nitrogen and oxygen atoms in total. The molecule has 0 unspecified atom stereocenters. The van der Waals surface area contributed by atoms with E-state index in [1.54, 1.807) is 19.4 Å². The summed E-state index contributed by atoms with van der Waals surface area (Å²) in [5.41, 5.74) is 2.20. The number of hydrogen-bond acceptors (Lipinski definition) is 5. The Hall–Kier alpha value is -2.60. The predicted octanol–water partition coefficient (Wildman–Crippen LogP) is 2.49. The summed E-state index contributed by atoms with van der Waals surface area (Å²) in [7, 11) is 1.56. The normalized spacial score (nSPS) is 14.3. The van der Waals surface area contributed by atoms with Crippen molar-refractivity contribution < 1.29 is 14.3 Å². The van der Waals surface area contributed by atoms with Gasteiger partial charge in [0.2, 0.25) is 0 Å². The van der Waals surface area contributed by atoms with E-state index >= 15 is 0 Å². The van der Waals surface area contributed by atoms with Crippen molar-refractivity contribution in [2.24, 2.45) is 0 Å². The van der Waals surface area contributed by atoms with Gasteiger partial charge in [-0.3, -0.25) is 4.79 Å². The number of aromatic nitrogens is 1. The molecule has 1 fully saturated rings. The highest BCUT2D eigenvalue weighted by molar-refractivity contribution is 6.07. The van der Waals surface area contributed by atoms with Crippen LogP contribution in [0.5, 0.6) is 5.75 Å². The number of carbonyl (C=O) groups is 1. The molecule has 0 spiro atoms. The molecule has 1 aliphatic heterocycles. The minimum Gasteiger partial charge on any atom is -0.496 e. The molecule has 0 saturated carbocycles. The molecule has 1 aromatic carbocycles. The summed E-state index contributed by atoms with van der Waals surface area (Å²) in [6.45, 7) is 4.78. The number of nitrogens with one attached hydrogen (secondary N) is 1. The smallest absolute Gasteiger partial charge is 0.259 e. The van der Waals surface area contributed by atoms with Crippen LogP contribution in [0.4, 0.5) is 11.5 Å². The molecule has 0 aliphatic carbocycles. The number of methoxy groups -OCH3 is 1. The number of aryl methyl sites for hydroxylation is 1. The summed E-state index contributed by atoms with van der Waals surface area (Å²) in [4.78, 5) is 19.3. The third-order valence-corrected chi connectivity index (χ3v) is 3.95. The molecule has 2 aromatic rings. The molecule has 3 rings (SSSR count). The highest BCUT2D eigenvalue weighted by Gasteiger charge is 2.19. The Labute approximate surface area is 141 Å². The summed E-state index contributed by atoms with van der Waals surface area (Å²) < 4.78 is 10.7. The zero-order chi connectivity index (χ0) is 16.9. The Morgan fingerprint density at radius 2 is 2.08 bits per heavy atom. The molecule has 0 bridgehead atoms. The average Bonchev–Trinajstić information content (AvgIpc) is 2.63. The van der Waals surface area contributed by atoms with Crippen LogP contribution < -0.4 is 15.0 Å². The number of amides is 1. The molecule has 126 valence electrons. The van der Waals surface area contributed by atoms with Gasteiger partial charge >= 0.3 is 0 Å². The Morgan fingerprint density at radius 3 is 2.83 bits per heavy atom. The number of benzene rings is 1. The van der Waals surface area contributed by atoms with Gasteiger partial charge < -0.3 is 19.7 Å². The lowest BCUT2D eigenvalue weighted by Gasteiger charge is -2.29. The Bertz CT molecular complexity index is 727. The van der Waals surface area contributed by atoms with Gasteiger partial charge in [0.15, 0.2) is 5.82 Å². The van der Waals surface area contributed by atoms with Crippen LogP contribution in [0.3, 0.4) is 0 Å². The first kappa shape index (κ1) is 16.3. The number of ether oxygens (including phenoxy) is 2. The fraction of sp³-hybridized carbons (Fsp3) is 0.333. The number of anilines is 2. The third kappa shape index (κ3) is 3.49. The number of carbonyl (C=O) groups excluding carboxylic acids is 1. The largest absolute Gasteiger partial charge is 0.496 e. The van der Waals surface area contributed by atoms with Gasteiger partial charge in [0, 0.05) is 19.3 Å². The summed E-state index contributed by atoms with van der Waals surface area (Å²) in [5, 5.41) is 2.96. The van der Waals surface area contributed by atoms with E-state index in [1.807, 2.05) is 31.2 Å². The van der Waals surface area contributed by atoms with Crippen molar-refractivity contribution in [2.45, 2.75) is 6.92 Å². The molecule has 1 aliphatic rings. The molecule has 2 heterocycles. The fourth-order valence-electron chi connectivity index (χ4n) is 2.71. The minimum absolute atomic E-state index is 0.210. The quantitative estimate of drug-likeness (QED) is 0.935. The van der Waals surface area contributed by atoms with E-state index in [0.29, 0.717) is 30.2 Å².